The summed E-state index contributed by atoms with van der Waals surface area (Å²) in [4.78, 5) is 39.4. The molecule has 2 aromatic rings. The molecular formula is C30H42N2O4S. The SMILES string of the molecule is CC(C)C[C@H](NC(=O)CCC1CCCCC1)C(=O)N[C@@H](Cc1ccccc1)C(=O)CSCc1ccco1. The average molecular weight is 527 g/mol. The summed E-state index contributed by atoms with van der Waals surface area (Å²) in [5.41, 5.74) is 0.981. The van der Waals surface area contributed by atoms with Gasteiger partial charge in [-0.25, -0.2) is 0 Å². The minimum atomic E-state index is -0.659. The summed E-state index contributed by atoms with van der Waals surface area (Å²) >= 11 is 1.47. The molecule has 1 aromatic carbocycles. The first kappa shape index (κ1) is 29.0. The summed E-state index contributed by atoms with van der Waals surface area (Å²) in [5, 5.41) is 5.96. The molecule has 2 N–H and O–H groups in total. The molecule has 0 radical (unpaired) electrons. The number of thioether (sulfide) groups is 1. The number of carbonyl (C=O) groups excluding carboxylic acids is 3. The molecule has 1 aliphatic rings. The topological polar surface area (TPSA) is 88.4 Å². The van der Waals surface area contributed by atoms with E-state index in [9.17, 15) is 14.4 Å². The van der Waals surface area contributed by atoms with Crippen molar-refractivity contribution in [2.75, 3.05) is 5.75 Å². The maximum Gasteiger partial charge on any atom is 0.243 e. The van der Waals surface area contributed by atoms with E-state index in [-0.39, 0.29) is 29.3 Å². The molecular weight excluding hydrogens is 484 g/mol. The first-order chi connectivity index (χ1) is 17.9. The molecule has 1 saturated carbocycles. The van der Waals surface area contributed by atoms with Crippen LogP contribution < -0.4 is 10.6 Å². The molecule has 0 spiro atoms. The summed E-state index contributed by atoms with van der Waals surface area (Å²) in [7, 11) is 0. The Kier molecular flexibility index (Phi) is 12.3. The van der Waals surface area contributed by atoms with Gasteiger partial charge in [0.15, 0.2) is 5.78 Å². The Morgan fingerprint density at radius 3 is 2.41 bits per heavy atom. The molecule has 1 aliphatic carbocycles. The molecule has 2 amide bonds. The minimum Gasteiger partial charge on any atom is -0.468 e. The van der Waals surface area contributed by atoms with Crippen LogP contribution in [0.1, 0.15) is 76.5 Å². The van der Waals surface area contributed by atoms with Crippen LogP contribution in [0, 0.1) is 11.8 Å². The predicted octanol–water partition coefficient (Wildman–Crippen LogP) is 5.70. The first-order valence-electron chi connectivity index (χ1n) is 13.7. The van der Waals surface area contributed by atoms with E-state index < -0.39 is 12.1 Å². The number of Topliss-reactive ketones (excluding diaryl/α,β-unsaturated/α-hetero) is 1. The van der Waals surface area contributed by atoms with Gasteiger partial charge in [-0.2, -0.15) is 0 Å². The number of ketones is 1. The van der Waals surface area contributed by atoms with Crippen molar-refractivity contribution in [2.24, 2.45) is 11.8 Å². The maximum absolute atomic E-state index is 13.4. The number of amides is 2. The summed E-state index contributed by atoms with van der Waals surface area (Å²) < 4.78 is 5.36. The number of nitrogens with one attached hydrogen (secondary N) is 2. The van der Waals surface area contributed by atoms with Crippen LogP contribution in [-0.4, -0.2) is 35.4 Å². The second-order valence-electron chi connectivity index (χ2n) is 10.6. The van der Waals surface area contributed by atoms with Gasteiger partial charge in [-0.05, 0) is 48.8 Å². The highest BCUT2D eigenvalue weighted by Gasteiger charge is 2.28. The van der Waals surface area contributed by atoms with E-state index in [1.807, 2.05) is 56.3 Å². The monoisotopic (exact) mass is 526 g/mol. The van der Waals surface area contributed by atoms with Crippen LogP contribution in [-0.2, 0) is 26.6 Å². The van der Waals surface area contributed by atoms with E-state index >= 15 is 0 Å². The Balaban J connectivity index is 1.60. The molecule has 1 aromatic heterocycles. The lowest BCUT2D eigenvalue weighted by atomic mass is 9.86. The molecule has 1 fully saturated rings. The predicted molar refractivity (Wildman–Crippen MR) is 149 cm³/mol. The molecule has 3 rings (SSSR count). The van der Waals surface area contributed by atoms with Gasteiger partial charge >= 0.3 is 0 Å². The third kappa shape index (κ3) is 10.8. The number of rotatable bonds is 15. The van der Waals surface area contributed by atoms with Crippen LogP contribution in [0.2, 0.25) is 0 Å². The van der Waals surface area contributed by atoms with Crippen LogP contribution >= 0.6 is 11.8 Å². The van der Waals surface area contributed by atoms with Gasteiger partial charge in [-0.1, -0.05) is 76.3 Å². The molecule has 2 atom stereocenters. The van der Waals surface area contributed by atoms with Crippen LogP contribution in [0.15, 0.2) is 53.1 Å². The van der Waals surface area contributed by atoms with E-state index in [4.69, 9.17) is 4.42 Å². The number of carbonyl (C=O) groups is 3. The third-order valence-corrected chi connectivity index (χ3v) is 7.90. The van der Waals surface area contributed by atoms with Gasteiger partial charge < -0.3 is 15.1 Å². The van der Waals surface area contributed by atoms with E-state index in [1.165, 1.54) is 43.9 Å². The number of hydrogen-bond donors (Lipinski definition) is 2. The zero-order valence-electron chi connectivity index (χ0n) is 22.2. The lowest BCUT2D eigenvalue weighted by Gasteiger charge is -2.25. The number of hydrogen-bond acceptors (Lipinski definition) is 5. The molecule has 1 heterocycles. The summed E-state index contributed by atoms with van der Waals surface area (Å²) in [6, 6.07) is 12.1. The summed E-state index contributed by atoms with van der Waals surface area (Å²) in [5.74, 6) is 2.11. The Hall–Kier alpha value is -2.54. The molecule has 37 heavy (non-hydrogen) atoms. The largest absolute Gasteiger partial charge is 0.468 e. The van der Waals surface area contributed by atoms with Gasteiger partial charge in [0.2, 0.25) is 11.8 Å². The Bertz CT molecular complexity index is 955. The fourth-order valence-corrected chi connectivity index (χ4v) is 5.77. The van der Waals surface area contributed by atoms with Crippen molar-refractivity contribution in [2.45, 2.75) is 89.5 Å². The summed E-state index contributed by atoms with van der Waals surface area (Å²) in [6.45, 7) is 4.07. The van der Waals surface area contributed by atoms with Crippen molar-refractivity contribution in [3.63, 3.8) is 0 Å². The minimum absolute atomic E-state index is 0.0410. The number of furan rings is 1. The second-order valence-corrected chi connectivity index (χ2v) is 11.6. The highest BCUT2D eigenvalue weighted by atomic mass is 32.2. The van der Waals surface area contributed by atoms with E-state index in [1.54, 1.807) is 6.26 Å². The lowest BCUT2D eigenvalue weighted by Crippen LogP contribution is -2.53. The third-order valence-electron chi connectivity index (χ3n) is 6.92. The van der Waals surface area contributed by atoms with Gasteiger partial charge in [0.25, 0.3) is 0 Å². The number of benzene rings is 1. The highest BCUT2D eigenvalue weighted by Crippen LogP contribution is 2.27. The molecule has 0 aliphatic heterocycles. The molecule has 0 saturated heterocycles. The van der Waals surface area contributed by atoms with Crippen LogP contribution in [0.5, 0.6) is 0 Å². The smallest absolute Gasteiger partial charge is 0.243 e. The first-order valence-corrected chi connectivity index (χ1v) is 14.8. The van der Waals surface area contributed by atoms with Gasteiger partial charge in [-0.3, -0.25) is 14.4 Å². The Labute approximate surface area is 225 Å². The quantitative estimate of drug-likeness (QED) is 0.311. The van der Waals surface area contributed by atoms with Crippen LogP contribution in [0.4, 0.5) is 0 Å². The van der Waals surface area contributed by atoms with Crippen molar-refractivity contribution in [1.29, 1.82) is 0 Å². The Morgan fingerprint density at radius 2 is 1.73 bits per heavy atom. The van der Waals surface area contributed by atoms with Gasteiger partial charge in [0.1, 0.15) is 11.8 Å². The van der Waals surface area contributed by atoms with Crippen molar-refractivity contribution in [3.05, 3.63) is 60.1 Å². The molecule has 6 nitrogen and oxygen atoms in total. The van der Waals surface area contributed by atoms with Crippen molar-refractivity contribution in [1.82, 2.24) is 10.6 Å². The van der Waals surface area contributed by atoms with Crippen molar-refractivity contribution in [3.8, 4) is 0 Å². The van der Waals surface area contributed by atoms with Crippen molar-refractivity contribution >= 4 is 29.4 Å². The fraction of sp³-hybridized carbons (Fsp3) is 0.567. The van der Waals surface area contributed by atoms with Crippen LogP contribution in [0.3, 0.4) is 0 Å². The molecule has 7 heteroatoms. The fourth-order valence-electron chi connectivity index (χ4n) is 4.90. The van der Waals surface area contributed by atoms with Crippen molar-refractivity contribution < 1.29 is 18.8 Å². The Morgan fingerprint density at radius 1 is 0.973 bits per heavy atom. The van der Waals surface area contributed by atoms with Gasteiger partial charge in [-0.15, -0.1) is 11.8 Å². The van der Waals surface area contributed by atoms with Crippen LogP contribution in [0.25, 0.3) is 0 Å². The zero-order chi connectivity index (χ0) is 26.5. The summed E-state index contributed by atoms with van der Waals surface area (Å²) in [6.07, 6.45) is 10.1. The van der Waals surface area contributed by atoms with E-state index in [0.29, 0.717) is 30.9 Å². The van der Waals surface area contributed by atoms with E-state index in [0.717, 1.165) is 17.7 Å². The second kappa shape index (κ2) is 15.7. The lowest BCUT2D eigenvalue weighted by molar-refractivity contribution is -0.131. The van der Waals surface area contributed by atoms with Gasteiger partial charge in [0, 0.05) is 6.42 Å². The average Bonchev–Trinajstić information content (AvgIpc) is 3.41. The maximum atomic E-state index is 13.4. The molecule has 202 valence electrons. The molecule has 0 unspecified atom stereocenters. The van der Waals surface area contributed by atoms with Gasteiger partial charge in [0.05, 0.1) is 23.8 Å². The van der Waals surface area contributed by atoms with E-state index in [2.05, 4.69) is 10.6 Å². The zero-order valence-corrected chi connectivity index (χ0v) is 23.1. The highest BCUT2D eigenvalue weighted by molar-refractivity contribution is 7.99. The normalized spacial score (nSPS) is 15.8. The standard InChI is InChI=1S/C30H42N2O4S/c1-22(2)18-27(31-29(34)16-15-23-10-5-3-6-11-23)30(35)32-26(19-24-12-7-4-8-13-24)28(33)21-37-20-25-14-9-17-36-25/h4,7-9,12-14,17,22-23,26-27H,3,5-6,10-11,15-16,18-21H2,1-2H3,(H,31,34)(H,32,35)/t26-,27-/m0/s1. The molecule has 0 bridgehead atoms.